The van der Waals surface area contributed by atoms with E-state index >= 15 is 0 Å². The van der Waals surface area contributed by atoms with Gasteiger partial charge in [-0.05, 0) is 105 Å². The molecule has 4 nitrogen and oxygen atoms in total. The molecule has 234 valence electrons. The molecule has 0 unspecified atom stereocenters. The minimum atomic E-state index is -0.382. The first-order valence-corrected chi connectivity index (χ1v) is 16.5. The van der Waals surface area contributed by atoms with E-state index in [0.717, 1.165) is 17.5 Å². The zero-order valence-electron chi connectivity index (χ0n) is 29.1. The second-order valence-electron chi connectivity index (χ2n) is 16.3. The van der Waals surface area contributed by atoms with Crippen LogP contribution in [-0.4, -0.2) is 35.4 Å². The molecule has 0 aliphatic carbocycles. The Morgan fingerprint density at radius 3 is 1.64 bits per heavy atom. The molecule has 0 amide bonds. The van der Waals surface area contributed by atoms with Gasteiger partial charge < -0.3 is 18.5 Å². The molecule has 4 aromatic rings. The molecule has 1 aromatic heterocycles. The van der Waals surface area contributed by atoms with Crippen LogP contribution in [0.4, 0.5) is 0 Å². The lowest BCUT2D eigenvalue weighted by atomic mass is 9.54. The predicted octanol–water partition coefficient (Wildman–Crippen LogP) is 8.44. The molecule has 2 aliphatic rings. The van der Waals surface area contributed by atoms with E-state index in [4.69, 9.17) is 14.0 Å². The first kappa shape index (κ1) is 31.9. The molecule has 0 spiro atoms. The maximum Gasteiger partial charge on any atom is 0.494 e. The summed E-state index contributed by atoms with van der Waals surface area (Å²) < 4.78 is 21.5. The Hall–Kier alpha value is -3.05. The molecule has 0 N–H and O–H groups in total. The summed E-state index contributed by atoms with van der Waals surface area (Å²) in [6.07, 6.45) is 3.20. The molecule has 0 saturated carbocycles. The lowest BCUT2D eigenvalue weighted by Crippen LogP contribution is -2.41. The normalized spacial score (nSPS) is 20.2. The summed E-state index contributed by atoms with van der Waals surface area (Å²) in [6.45, 7) is 24.3. The van der Waals surface area contributed by atoms with Gasteiger partial charge in [0.2, 0.25) is 0 Å². The Bertz CT molecular complexity index is 1550. The van der Waals surface area contributed by atoms with Crippen LogP contribution in [0.2, 0.25) is 6.32 Å². The van der Waals surface area contributed by atoms with Crippen LogP contribution < -0.4 is 10.9 Å². The van der Waals surface area contributed by atoms with Crippen molar-refractivity contribution in [2.75, 3.05) is 0 Å². The molecule has 2 fully saturated rings. The van der Waals surface area contributed by atoms with E-state index in [1.165, 1.54) is 33.4 Å². The number of benzene rings is 3. The van der Waals surface area contributed by atoms with Crippen molar-refractivity contribution in [2.45, 2.75) is 105 Å². The van der Waals surface area contributed by atoms with Crippen molar-refractivity contribution in [2.24, 2.45) is 5.41 Å². The fraction of sp³-hybridized carbons (Fsp3) is 0.436. The molecule has 3 heterocycles. The highest BCUT2D eigenvalue weighted by atomic mass is 16.7. The predicted molar refractivity (Wildman–Crippen MR) is 190 cm³/mol. The fourth-order valence-corrected chi connectivity index (χ4v) is 6.40. The Balaban J connectivity index is 1.36. The molecule has 45 heavy (non-hydrogen) atoms. The fourth-order valence-electron chi connectivity index (χ4n) is 6.40. The Kier molecular flexibility index (Phi) is 7.63. The molecule has 3 aromatic carbocycles. The molecule has 2 saturated heterocycles. The van der Waals surface area contributed by atoms with Crippen molar-refractivity contribution in [1.82, 2.24) is 4.57 Å². The minimum Gasteiger partial charge on any atom is -0.426 e. The van der Waals surface area contributed by atoms with E-state index in [-0.39, 0.29) is 41.7 Å². The van der Waals surface area contributed by atoms with Crippen LogP contribution in [0.3, 0.4) is 0 Å². The average Bonchev–Trinajstić information content (AvgIpc) is 3.56. The maximum absolute atomic E-state index is 6.54. The number of aromatic nitrogens is 1. The molecular weight excluding hydrogens is 552 g/mol. The van der Waals surface area contributed by atoms with E-state index in [1.54, 1.807) is 0 Å². The lowest BCUT2D eigenvalue weighted by molar-refractivity contribution is 0.00578. The van der Waals surface area contributed by atoms with Gasteiger partial charge in [-0.25, -0.2) is 0 Å². The monoisotopic (exact) mass is 601 g/mol. The molecular formula is C39H49B2NO3. The van der Waals surface area contributed by atoms with Crippen LogP contribution in [0.25, 0.3) is 28.1 Å². The van der Waals surface area contributed by atoms with Gasteiger partial charge in [-0.2, -0.15) is 0 Å². The summed E-state index contributed by atoms with van der Waals surface area (Å²) in [6, 6.07) is 28.9. The highest BCUT2D eigenvalue weighted by Gasteiger charge is 2.52. The summed E-state index contributed by atoms with van der Waals surface area (Å²) in [7, 11) is -0.382. The summed E-state index contributed by atoms with van der Waals surface area (Å²) in [5.41, 5.74) is 8.75. The van der Waals surface area contributed by atoms with E-state index in [9.17, 15) is 0 Å². The van der Waals surface area contributed by atoms with Gasteiger partial charge in [-0.15, -0.1) is 0 Å². The third-order valence-corrected chi connectivity index (χ3v) is 11.0. The van der Waals surface area contributed by atoms with Crippen LogP contribution in [0, 0.1) is 5.41 Å². The van der Waals surface area contributed by atoms with E-state index in [0.29, 0.717) is 0 Å². The Morgan fingerprint density at radius 2 is 1.13 bits per heavy atom. The highest BCUT2D eigenvalue weighted by molar-refractivity contribution is 6.68. The summed E-state index contributed by atoms with van der Waals surface area (Å²) in [5.74, 6) is 0. The average molecular weight is 601 g/mol. The van der Waals surface area contributed by atoms with E-state index < -0.39 is 0 Å². The molecule has 2 aliphatic heterocycles. The van der Waals surface area contributed by atoms with Gasteiger partial charge in [0.1, 0.15) is 0 Å². The third-order valence-electron chi connectivity index (χ3n) is 11.0. The SMILES string of the molecule is CC(C)(C)c1ccc(-c2c(-c3ccc(B4CC(C)(C)C(C)(C)O4)cc3)ccn2-c2ccc(B3OC(C)(C)C(C)(C)O3)cc2)cc1. The van der Waals surface area contributed by atoms with Crippen LogP contribution in [0.15, 0.2) is 85.1 Å². The molecule has 0 bridgehead atoms. The zero-order chi connectivity index (χ0) is 32.6. The second-order valence-corrected chi connectivity index (χ2v) is 16.3. The van der Waals surface area contributed by atoms with Gasteiger partial charge in [0, 0.05) is 17.4 Å². The van der Waals surface area contributed by atoms with Crippen LogP contribution >= 0.6 is 0 Å². The quantitative estimate of drug-likeness (QED) is 0.215. The van der Waals surface area contributed by atoms with Crippen molar-refractivity contribution < 1.29 is 14.0 Å². The third kappa shape index (κ3) is 5.75. The first-order valence-electron chi connectivity index (χ1n) is 16.5. The summed E-state index contributed by atoms with van der Waals surface area (Å²) in [5, 5.41) is 0. The maximum atomic E-state index is 6.54. The number of nitrogens with zero attached hydrogens (tertiary/aromatic N) is 1. The molecule has 6 rings (SSSR count). The number of hydrogen-bond acceptors (Lipinski definition) is 3. The van der Waals surface area contributed by atoms with Crippen LogP contribution in [-0.2, 0) is 19.4 Å². The topological polar surface area (TPSA) is 32.6 Å². The van der Waals surface area contributed by atoms with Gasteiger partial charge in [-0.3, -0.25) is 0 Å². The largest absolute Gasteiger partial charge is 0.494 e. The van der Waals surface area contributed by atoms with Gasteiger partial charge in [0.25, 0.3) is 0 Å². The Morgan fingerprint density at radius 1 is 0.600 bits per heavy atom. The van der Waals surface area contributed by atoms with Crippen LogP contribution in [0.5, 0.6) is 0 Å². The summed E-state index contributed by atoms with van der Waals surface area (Å²) >= 11 is 0. The van der Waals surface area contributed by atoms with Gasteiger partial charge >= 0.3 is 14.0 Å². The number of hydrogen-bond donors (Lipinski definition) is 0. The minimum absolute atomic E-state index is 0.0912. The Labute approximate surface area is 271 Å². The smallest absolute Gasteiger partial charge is 0.426 e. The molecule has 0 atom stereocenters. The van der Waals surface area contributed by atoms with Crippen LogP contribution in [0.1, 0.15) is 81.7 Å². The number of rotatable bonds is 5. The van der Waals surface area contributed by atoms with Crippen molar-refractivity contribution >= 4 is 25.0 Å². The van der Waals surface area contributed by atoms with Gasteiger partial charge in [0.05, 0.1) is 22.5 Å². The lowest BCUT2D eigenvalue weighted by Gasteiger charge is -2.34. The van der Waals surface area contributed by atoms with E-state index in [2.05, 4.69) is 166 Å². The van der Waals surface area contributed by atoms with E-state index in [1.807, 2.05) is 0 Å². The van der Waals surface area contributed by atoms with Crippen molar-refractivity contribution in [3.05, 3.63) is 90.6 Å². The van der Waals surface area contributed by atoms with Crippen molar-refractivity contribution in [1.29, 1.82) is 0 Å². The molecule has 0 radical (unpaired) electrons. The van der Waals surface area contributed by atoms with Gasteiger partial charge in [0.15, 0.2) is 0 Å². The zero-order valence-corrected chi connectivity index (χ0v) is 29.1. The van der Waals surface area contributed by atoms with Crippen molar-refractivity contribution in [3.8, 4) is 28.1 Å². The summed E-state index contributed by atoms with van der Waals surface area (Å²) in [4.78, 5) is 0. The van der Waals surface area contributed by atoms with Gasteiger partial charge in [-0.1, -0.05) is 95.3 Å². The molecule has 6 heteroatoms. The second kappa shape index (κ2) is 10.8. The highest BCUT2D eigenvalue weighted by Crippen LogP contribution is 2.45. The first-order chi connectivity index (χ1) is 20.9. The van der Waals surface area contributed by atoms with Crippen molar-refractivity contribution in [3.63, 3.8) is 0 Å². The standard InChI is InChI=1S/C39H49B2NO3/c1-35(2,3)29-16-12-28(13-17-29)34-33(27-14-18-30(19-15-27)40-26-36(4,5)37(6,7)43-40)24-25-42(34)32-22-20-31(21-23-32)41-44-38(8,9)39(10,11)45-41/h12-25H,26H2,1-11H3.